The number of aliphatic imine (C=N–C) groups is 4. The lowest BCUT2D eigenvalue weighted by Gasteiger charge is -2.17. The van der Waals surface area contributed by atoms with Crippen LogP contribution < -0.4 is 0 Å². The summed E-state index contributed by atoms with van der Waals surface area (Å²) in [6, 6.07) is 17.0. The summed E-state index contributed by atoms with van der Waals surface area (Å²) in [7, 11) is -1.30. The van der Waals surface area contributed by atoms with Gasteiger partial charge in [0.15, 0.2) is 0 Å². The molecule has 7 heteroatoms. The van der Waals surface area contributed by atoms with Gasteiger partial charge in [-0.25, -0.2) is 19.8 Å². The van der Waals surface area contributed by atoms with Gasteiger partial charge in [0.1, 0.15) is 0 Å². The number of rotatable bonds is 6. The van der Waals surface area contributed by atoms with E-state index in [1.54, 1.807) is 0 Å². The van der Waals surface area contributed by atoms with Crippen LogP contribution in [0, 0.1) is 12.3 Å². The predicted octanol–water partition coefficient (Wildman–Crippen LogP) is 9.30. The molecular weight excluding hydrogens is 609 g/mol. The molecule has 6 nitrogen and oxygen atoms in total. The van der Waals surface area contributed by atoms with Gasteiger partial charge in [-0.2, -0.15) is 0 Å². The number of allylic oxidation sites excluding steroid dienone is 11. The van der Waals surface area contributed by atoms with Gasteiger partial charge in [0, 0.05) is 42.5 Å². The molecular formula is C41H40N4O2Si. The summed E-state index contributed by atoms with van der Waals surface area (Å²) in [6.45, 7) is 13.8. The van der Waals surface area contributed by atoms with Gasteiger partial charge in [-0.1, -0.05) is 75.5 Å². The van der Waals surface area contributed by atoms with Gasteiger partial charge in [-0.15, -0.1) is 0 Å². The van der Waals surface area contributed by atoms with Gasteiger partial charge in [-0.05, 0) is 84.8 Å². The van der Waals surface area contributed by atoms with Gasteiger partial charge in [-0.3, -0.25) is 4.99 Å². The summed E-state index contributed by atoms with van der Waals surface area (Å²) in [6.07, 6.45) is 17.3. The summed E-state index contributed by atoms with van der Waals surface area (Å²) >= 11 is 0. The van der Waals surface area contributed by atoms with Crippen molar-refractivity contribution in [2.75, 3.05) is 6.61 Å². The van der Waals surface area contributed by atoms with Crippen molar-refractivity contribution in [1.29, 1.82) is 0 Å². The predicted molar refractivity (Wildman–Crippen MR) is 202 cm³/mol. The highest BCUT2D eigenvalue weighted by Crippen LogP contribution is 2.40. The molecule has 0 fully saturated rings. The molecule has 5 aliphatic rings. The maximum absolute atomic E-state index is 12.9. The van der Waals surface area contributed by atoms with Crippen LogP contribution in [0.15, 0.2) is 140 Å². The van der Waals surface area contributed by atoms with Crippen LogP contribution in [0.25, 0.3) is 11.1 Å². The number of carbonyl (C=O) groups excluding carboxylic acids is 1. The summed E-state index contributed by atoms with van der Waals surface area (Å²) in [5.41, 5.74) is 12.4. The van der Waals surface area contributed by atoms with E-state index in [0.29, 0.717) is 12.2 Å². The lowest BCUT2D eigenvalue weighted by Crippen LogP contribution is -2.22. The van der Waals surface area contributed by atoms with E-state index >= 15 is 0 Å². The molecule has 0 saturated heterocycles. The van der Waals surface area contributed by atoms with E-state index in [2.05, 4.69) is 95.1 Å². The van der Waals surface area contributed by atoms with Crippen molar-refractivity contribution in [3.8, 4) is 0 Å². The number of carbonyl (C=O) groups is 1. The van der Waals surface area contributed by atoms with Crippen LogP contribution in [-0.2, 0) is 4.74 Å². The van der Waals surface area contributed by atoms with E-state index < -0.39 is 8.07 Å². The molecule has 0 radical (unpaired) electrons. The van der Waals surface area contributed by atoms with Crippen LogP contribution in [0.5, 0.6) is 0 Å². The normalized spacial score (nSPS) is 19.3. The zero-order valence-corrected chi connectivity index (χ0v) is 29.5. The zero-order chi connectivity index (χ0) is 33.6. The maximum atomic E-state index is 12.9. The van der Waals surface area contributed by atoms with Crippen molar-refractivity contribution in [1.82, 2.24) is 0 Å². The Hall–Kier alpha value is -5.01. The highest BCUT2D eigenvalue weighted by Gasteiger charge is 2.32. The van der Waals surface area contributed by atoms with Crippen molar-refractivity contribution in [3.63, 3.8) is 0 Å². The topological polar surface area (TPSA) is 75.7 Å². The summed E-state index contributed by atoms with van der Waals surface area (Å²) in [5, 5.41) is 0. The summed E-state index contributed by atoms with van der Waals surface area (Å²) in [4.78, 5) is 33.3. The van der Waals surface area contributed by atoms with E-state index in [0.717, 1.165) is 80.4 Å². The zero-order valence-electron chi connectivity index (χ0n) is 28.5. The number of hydrogen-bond donors (Lipinski definition) is 0. The SMILES string of the molecule is Cc1ccc(C2=C3C=CC(=N3)C=C3N=C(C=C4C=CC(=N4)C(c4ccc(C(=O)OCC[Si](C)(C)C)cc4)=C4C=CC2=N4)CC3(C)C)cc1. The fourth-order valence-electron chi connectivity index (χ4n) is 6.23. The Bertz CT molecular complexity index is 2070. The first-order valence-electron chi connectivity index (χ1n) is 16.6. The standard InChI is InChI=1S/C41H40N4O2Si/c1-26-7-9-27(10-8-26)38-34-18-16-31(43-34)24-37-41(2,3)25-32(44-37)23-30-15-17-33(42-30)39(36-20-19-35(38)45-36)28-11-13-29(14-12-28)40(46)47-21-22-48(4,5)6/h7-20,23-24H,21-22,25H2,1-6H3. The van der Waals surface area contributed by atoms with Gasteiger partial charge in [0.25, 0.3) is 0 Å². The lowest BCUT2D eigenvalue weighted by atomic mass is 9.86. The highest BCUT2D eigenvalue weighted by molar-refractivity contribution is 6.76. The molecule has 48 heavy (non-hydrogen) atoms. The second-order valence-electron chi connectivity index (χ2n) is 14.7. The number of hydrogen-bond acceptors (Lipinski definition) is 6. The molecule has 5 aliphatic heterocycles. The fraction of sp³-hybridized carbons (Fsp3) is 0.244. The molecule has 8 bridgehead atoms. The minimum absolute atomic E-state index is 0.131. The molecule has 5 heterocycles. The Morgan fingerprint density at radius 2 is 1.38 bits per heavy atom. The Labute approximate surface area is 283 Å². The van der Waals surface area contributed by atoms with Crippen molar-refractivity contribution >= 4 is 48.0 Å². The summed E-state index contributed by atoms with van der Waals surface area (Å²) < 4.78 is 5.62. The molecule has 2 aromatic rings. The molecule has 2 aromatic carbocycles. The van der Waals surface area contributed by atoms with E-state index in [4.69, 9.17) is 24.7 Å². The Balaban J connectivity index is 1.36. The van der Waals surface area contributed by atoms with Crippen LogP contribution >= 0.6 is 0 Å². The number of esters is 1. The lowest BCUT2D eigenvalue weighted by molar-refractivity contribution is 0.0525. The number of ether oxygens (including phenoxy) is 1. The Kier molecular flexibility index (Phi) is 8.04. The van der Waals surface area contributed by atoms with Crippen LogP contribution in [0.4, 0.5) is 0 Å². The van der Waals surface area contributed by atoms with Crippen molar-refractivity contribution in [2.45, 2.75) is 52.9 Å². The third kappa shape index (κ3) is 6.56. The van der Waals surface area contributed by atoms with Crippen LogP contribution in [0.2, 0.25) is 25.7 Å². The van der Waals surface area contributed by atoms with E-state index in [1.807, 2.05) is 42.5 Å². The fourth-order valence-corrected chi connectivity index (χ4v) is 6.94. The van der Waals surface area contributed by atoms with Crippen molar-refractivity contribution in [2.24, 2.45) is 25.4 Å². The maximum Gasteiger partial charge on any atom is 0.338 e. The third-order valence-corrected chi connectivity index (χ3v) is 10.7. The molecule has 0 N–H and O–H groups in total. The molecule has 0 amide bonds. The first kappa shape index (κ1) is 31.6. The average molecular weight is 649 g/mol. The molecule has 0 spiro atoms. The van der Waals surface area contributed by atoms with E-state index in [1.165, 1.54) is 5.56 Å². The summed E-state index contributed by atoms with van der Waals surface area (Å²) in [5.74, 6) is -0.299. The van der Waals surface area contributed by atoms with Crippen LogP contribution in [0.1, 0.15) is 47.3 Å². The number of fused-ring (bicyclic) bond motifs is 4. The first-order chi connectivity index (χ1) is 22.9. The number of benzene rings is 2. The largest absolute Gasteiger partial charge is 0.462 e. The second-order valence-corrected chi connectivity index (χ2v) is 20.3. The van der Waals surface area contributed by atoms with Crippen LogP contribution in [0.3, 0.4) is 0 Å². The third-order valence-electron chi connectivity index (χ3n) is 9.00. The van der Waals surface area contributed by atoms with Gasteiger partial charge >= 0.3 is 5.97 Å². The average Bonchev–Trinajstić information content (AvgIpc) is 3.84. The molecule has 240 valence electrons. The second kappa shape index (κ2) is 12.2. The number of aryl methyl sites for hydroxylation is 1. The molecule has 7 rings (SSSR count). The molecule has 0 unspecified atom stereocenters. The minimum atomic E-state index is -1.30. The Morgan fingerprint density at radius 3 is 2.08 bits per heavy atom. The first-order valence-corrected chi connectivity index (χ1v) is 20.3. The van der Waals surface area contributed by atoms with Gasteiger partial charge < -0.3 is 4.74 Å². The van der Waals surface area contributed by atoms with Gasteiger partial charge in [0.05, 0.1) is 46.4 Å². The van der Waals surface area contributed by atoms with Gasteiger partial charge in [0.2, 0.25) is 0 Å². The van der Waals surface area contributed by atoms with E-state index in [-0.39, 0.29) is 11.4 Å². The van der Waals surface area contributed by atoms with Crippen molar-refractivity contribution in [3.05, 3.63) is 142 Å². The number of nitrogens with zero attached hydrogens (tertiary/aromatic N) is 4. The quantitative estimate of drug-likeness (QED) is 0.231. The highest BCUT2D eigenvalue weighted by atomic mass is 28.3. The van der Waals surface area contributed by atoms with Crippen LogP contribution in [-0.4, -0.2) is 43.5 Å². The minimum Gasteiger partial charge on any atom is -0.462 e. The molecule has 0 aromatic heterocycles. The smallest absolute Gasteiger partial charge is 0.338 e. The molecule has 0 aliphatic carbocycles. The van der Waals surface area contributed by atoms with E-state index in [9.17, 15) is 4.79 Å². The Morgan fingerprint density at radius 1 is 0.750 bits per heavy atom. The van der Waals surface area contributed by atoms with Crippen molar-refractivity contribution < 1.29 is 9.53 Å². The molecule has 0 saturated carbocycles. The molecule has 0 atom stereocenters. The monoisotopic (exact) mass is 648 g/mol.